The number of rotatable bonds is 6. The number of anilines is 1. The fourth-order valence-electron chi connectivity index (χ4n) is 1.44. The number of para-hydroxylation sites is 1. The second kappa shape index (κ2) is 7.90. The van der Waals surface area contributed by atoms with Crippen LogP contribution in [-0.2, 0) is 14.8 Å². The largest absolute Gasteiger partial charge is 0.378 e. The Labute approximate surface area is 120 Å². The summed E-state index contributed by atoms with van der Waals surface area (Å²) in [5.41, 5.74) is 6.38. The van der Waals surface area contributed by atoms with Crippen LogP contribution in [0.2, 0.25) is 0 Å². The van der Waals surface area contributed by atoms with Crippen LogP contribution in [0.25, 0.3) is 0 Å². The molecular formula is C14H20N2O3S. The van der Waals surface area contributed by atoms with E-state index in [4.69, 9.17) is 10.5 Å². The molecule has 1 rings (SSSR count). The quantitative estimate of drug-likeness (QED) is 0.772. The molecule has 0 aromatic heterocycles. The number of benzene rings is 1. The maximum absolute atomic E-state index is 11.9. The van der Waals surface area contributed by atoms with Gasteiger partial charge in [-0.3, -0.25) is 4.72 Å². The predicted octanol–water partition coefficient (Wildman–Crippen LogP) is 1.16. The van der Waals surface area contributed by atoms with Gasteiger partial charge < -0.3 is 10.5 Å². The van der Waals surface area contributed by atoms with Gasteiger partial charge in [0.1, 0.15) is 0 Å². The molecule has 6 heteroatoms. The second-order valence-electron chi connectivity index (χ2n) is 4.39. The third-order valence-electron chi connectivity index (χ3n) is 2.32. The average molecular weight is 296 g/mol. The van der Waals surface area contributed by atoms with E-state index in [1.54, 1.807) is 24.3 Å². The summed E-state index contributed by atoms with van der Waals surface area (Å²) in [5.74, 6) is 5.45. The lowest BCUT2D eigenvalue weighted by atomic mass is 10.2. The monoisotopic (exact) mass is 296 g/mol. The number of sulfonamides is 1. The Hall–Kier alpha value is -1.55. The molecule has 20 heavy (non-hydrogen) atoms. The van der Waals surface area contributed by atoms with Gasteiger partial charge in [0, 0.05) is 5.56 Å². The molecular weight excluding hydrogens is 276 g/mol. The second-order valence-corrected chi connectivity index (χ2v) is 6.23. The smallest absolute Gasteiger partial charge is 0.235 e. The minimum Gasteiger partial charge on any atom is -0.378 e. The van der Waals surface area contributed by atoms with E-state index in [0.717, 1.165) is 0 Å². The van der Waals surface area contributed by atoms with E-state index in [1.165, 1.54) is 0 Å². The molecule has 0 fully saturated rings. The Morgan fingerprint density at radius 2 is 2.05 bits per heavy atom. The van der Waals surface area contributed by atoms with Crippen molar-refractivity contribution in [3.8, 4) is 11.8 Å². The molecule has 0 heterocycles. The molecule has 0 amide bonds. The maximum Gasteiger partial charge on any atom is 0.235 e. The van der Waals surface area contributed by atoms with Gasteiger partial charge in [-0.1, -0.05) is 24.0 Å². The number of nitrogens with two attached hydrogens (primary N) is 1. The lowest BCUT2D eigenvalue weighted by Gasteiger charge is -2.11. The fourth-order valence-corrected chi connectivity index (χ4v) is 2.37. The van der Waals surface area contributed by atoms with Gasteiger partial charge in [-0.15, -0.1) is 0 Å². The summed E-state index contributed by atoms with van der Waals surface area (Å²) in [6.07, 6.45) is 0.00732. The molecule has 0 saturated heterocycles. The lowest BCUT2D eigenvalue weighted by molar-refractivity contribution is 0.0913. The van der Waals surface area contributed by atoms with Crippen molar-refractivity contribution in [3.05, 3.63) is 29.8 Å². The van der Waals surface area contributed by atoms with Crippen molar-refractivity contribution in [2.75, 3.05) is 23.6 Å². The van der Waals surface area contributed by atoms with Gasteiger partial charge in [0.15, 0.2) is 0 Å². The van der Waals surface area contributed by atoms with E-state index < -0.39 is 10.0 Å². The van der Waals surface area contributed by atoms with Crippen molar-refractivity contribution in [3.63, 3.8) is 0 Å². The molecule has 1 aromatic carbocycles. The molecule has 0 aliphatic rings. The van der Waals surface area contributed by atoms with Crippen molar-refractivity contribution < 1.29 is 13.2 Å². The van der Waals surface area contributed by atoms with Crippen LogP contribution < -0.4 is 10.5 Å². The molecule has 0 unspecified atom stereocenters. The normalized spacial score (nSPS) is 11.0. The van der Waals surface area contributed by atoms with Crippen LogP contribution >= 0.6 is 0 Å². The Bertz CT molecular complexity index is 586. The number of ether oxygens (including phenoxy) is 1. The van der Waals surface area contributed by atoms with Gasteiger partial charge >= 0.3 is 0 Å². The van der Waals surface area contributed by atoms with E-state index in [-0.39, 0.29) is 25.0 Å². The van der Waals surface area contributed by atoms with Crippen LogP contribution in [0, 0.1) is 11.8 Å². The van der Waals surface area contributed by atoms with Crippen molar-refractivity contribution in [2.45, 2.75) is 20.0 Å². The number of hydrogen-bond donors (Lipinski definition) is 2. The van der Waals surface area contributed by atoms with Gasteiger partial charge in [-0.05, 0) is 26.0 Å². The molecule has 0 bridgehead atoms. The van der Waals surface area contributed by atoms with Crippen molar-refractivity contribution in [1.29, 1.82) is 0 Å². The van der Waals surface area contributed by atoms with E-state index in [0.29, 0.717) is 11.3 Å². The van der Waals surface area contributed by atoms with Crippen molar-refractivity contribution in [1.82, 2.24) is 0 Å². The lowest BCUT2D eigenvalue weighted by Crippen LogP contribution is -2.22. The summed E-state index contributed by atoms with van der Waals surface area (Å²) in [5, 5.41) is 0. The molecule has 110 valence electrons. The van der Waals surface area contributed by atoms with Crippen LogP contribution in [0.15, 0.2) is 24.3 Å². The average Bonchev–Trinajstić information content (AvgIpc) is 2.36. The van der Waals surface area contributed by atoms with Crippen LogP contribution in [0.5, 0.6) is 0 Å². The van der Waals surface area contributed by atoms with Crippen molar-refractivity contribution in [2.24, 2.45) is 5.73 Å². The first kappa shape index (κ1) is 16.5. The number of hydrogen-bond acceptors (Lipinski definition) is 4. The summed E-state index contributed by atoms with van der Waals surface area (Å²) < 4.78 is 31.7. The minimum atomic E-state index is -3.45. The topological polar surface area (TPSA) is 81.4 Å². The molecule has 0 saturated carbocycles. The highest BCUT2D eigenvalue weighted by atomic mass is 32.2. The molecule has 0 atom stereocenters. The molecule has 0 radical (unpaired) electrons. The van der Waals surface area contributed by atoms with Crippen LogP contribution in [0.3, 0.4) is 0 Å². The molecule has 1 aromatic rings. The summed E-state index contributed by atoms with van der Waals surface area (Å²) >= 11 is 0. The first-order valence-corrected chi connectivity index (χ1v) is 8.00. The van der Waals surface area contributed by atoms with E-state index in [9.17, 15) is 8.42 Å². The molecule has 0 aliphatic heterocycles. The minimum absolute atomic E-state index is 0.00732. The molecule has 0 spiro atoms. The third kappa shape index (κ3) is 6.06. The first-order chi connectivity index (χ1) is 9.44. The highest BCUT2D eigenvalue weighted by Crippen LogP contribution is 2.15. The van der Waals surface area contributed by atoms with Crippen LogP contribution in [0.4, 0.5) is 5.69 Å². The zero-order valence-corrected chi connectivity index (χ0v) is 12.5. The third-order valence-corrected chi connectivity index (χ3v) is 3.56. The van der Waals surface area contributed by atoms with Gasteiger partial charge in [-0.25, -0.2) is 8.42 Å². The van der Waals surface area contributed by atoms with Crippen LogP contribution in [0.1, 0.15) is 19.4 Å². The van der Waals surface area contributed by atoms with Gasteiger partial charge in [0.05, 0.1) is 30.7 Å². The predicted molar refractivity (Wildman–Crippen MR) is 80.9 cm³/mol. The Morgan fingerprint density at radius 3 is 2.70 bits per heavy atom. The van der Waals surface area contributed by atoms with Crippen LogP contribution in [-0.4, -0.2) is 33.4 Å². The summed E-state index contributed by atoms with van der Waals surface area (Å²) in [6, 6.07) is 6.95. The highest BCUT2D eigenvalue weighted by molar-refractivity contribution is 7.92. The summed E-state index contributed by atoms with van der Waals surface area (Å²) in [7, 11) is -3.45. The van der Waals surface area contributed by atoms with Gasteiger partial charge in [-0.2, -0.15) is 0 Å². The Kier molecular flexibility index (Phi) is 6.52. The zero-order chi connectivity index (χ0) is 15.0. The van der Waals surface area contributed by atoms with Gasteiger partial charge in [0.2, 0.25) is 10.0 Å². The standard InChI is InChI=1S/C14H20N2O3S/c1-12(2)19-10-11-20(17,18)16-14-8-4-3-6-13(14)7-5-9-15/h3-4,6,8,12,16H,9-11,15H2,1-2H3. The summed E-state index contributed by atoms with van der Waals surface area (Å²) in [4.78, 5) is 0. The van der Waals surface area contributed by atoms with E-state index >= 15 is 0 Å². The van der Waals surface area contributed by atoms with E-state index in [2.05, 4.69) is 16.6 Å². The fraction of sp³-hybridized carbons (Fsp3) is 0.429. The Balaban J connectivity index is 2.77. The number of nitrogens with one attached hydrogen (secondary N) is 1. The first-order valence-electron chi connectivity index (χ1n) is 6.34. The zero-order valence-electron chi connectivity index (χ0n) is 11.7. The van der Waals surface area contributed by atoms with Crippen molar-refractivity contribution >= 4 is 15.7 Å². The summed E-state index contributed by atoms with van der Waals surface area (Å²) in [6.45, 7) is 4.10. The van der Waals surface area contributed by atoms with Gasteiger partial charge in [0.25, 0.3) is 0 Å². The molecule has 3 N–H and O–H groups in total. The maximum atomic E-state index is 11.9. The van der Waals surface area contributed by atoms with E-state index in [1.807, 2.05) is 13.8 Å². The SMILES string of the molecule is CC(C)OCCS(=O)(=O)Nc1ccccc1C#CCN. The highest BCUT2D eigenvalue weighted by Gasteiger charge is 2.12. The molecule has 0 aliphatic carbocycles. The Morgan fingerprint density at radius 1 is 1.35 bits per heavy atom. The molecule has 5 nitrogen and oxygen atoms in total.